The first-order valence-electron chi connectivity index (χ1n) is 7.41. The molecule has 0 N–H and O–H groups in total. The minimum Gasteiger partial charge on any atom is -0.497 e. The first-order valence-corrected chi connectivity index (χ1v) is 8.23. The minimum absolute atomic E-state index is 0.343. The zero-order valence-electron chi connectivity index (χ0n) is 13.8. The van der Waals surface area contributed by atoms with Crippen LogP contribution in [-0.2, 0) is 13.6 Å². The van der Waals surface area contributed by atoms with Crippen molar-refractivity contribution in [3.63, 3.8) is 0 Å². The summed E-state index contributed by atoms with van der Waals surface area (Å²) in [6, 6.07) is 7.53. The van der Waals surface area contributed by atoms with E-state index in [1.165, 1.54) is 11.3 Å². The van der Waals surface area contributed by atoms with E-state index in [-0.39, 0.29) is 5.91 Å². The fourth-order valence-electron chi connectivity index (χ4n) is 2.38. The molecule has 0 unspecified atom stereocenters. The lowest BCUT2D eigenvalue weighted by molar-refractivity contribution is 0.0992. The third-order valence-corrected chi connectivity index (χ3v) is 4.77. The maximum absolute atomic E-state index is 12.4. The van der Waals surface area contributed by atoms with Crippen LogP contribution < -0.4 is 9.54 Å². The van der Waals surface area contributed by atoms with Gasteiger partial charge in [-0.25, -0.2) is 0 Å². The number of nitrogens with zero attached hydrogens (tertiary/aromatic N) is 4. The summed E-state index contributed by atoms with van der Waals surface area (Å²) in [5.41, 5.74) is 2.24. The number of aryl methyl sites for hydroxylation is 2. The van der Waals surface area contributed by atoms with Crippen molar-refractivity contribution in [3.8, 4) is 5.75 Å². The second-order valence-electron chi connectivity index (χ2n) is 5.33. The Hall–Kier alpha value is -2.67. The van der Waals surface area contributed by atoms with Crippen LogP contribution >= 0.6 is 11.3 Å². The highest BCUT2D eigenvalue weighted by Crippen LogP contribution is 2.23. The van der Waals surface area contributed by atoms with E-state index in [1.807, 2.05) is 29.7 Å². The van der Waals surface area contributed by atoms with Crippen LogP contribution in [0.1, 0.15) is 16.2 Å². The van der Waals surface area contributed by atoms with E-state index in [2.05, 4.69) is 16.7 Å². The van der Waals surface area contributed by atoms with Gasteiger partial charge in [0, 0.05) is 19.3 Å². The number of allylic oxidation sites excluding steroid dienone is 1. The van der Waals surface area contributed by atoms with Gasteiger partial charge in [-0.15, -0.1) is 6.58 Å². The summed E-state index contributed by atoms with van der Waals surface area (Å²) in [7, 11) is 3.43. The summed E-state index contributed by atoms with van der Waals surface area (Å²) < 4.78 is 9.89. The van der Waals surface area contributed by atoms with Crippen molar-refractivity contribution in [3.05, 3.63) is 53.1 Å². The average Bonchev–Trinajstić information content (AvgIpc) is 3.08. The van der Waals surface area contributed by atoms with Crippen LogP contribution in [0.2, 0.25) is 0 Å². The molecule has 0 bridgehead atoms. The van der Waals surface area contributed by atoms with E-state index in [1.54, 1.807) is 31.0 Å². The van der Waals surface area contributed by atoms with Crippen LogP contribution in [0, 0.1) is 6.92 Å². The molecular formula is C17H18N4O2S. The molecule has 0 saturated heterocycles. The van der Waals surface area contributed by atoms with E-state index < -0.39 is 0 Å². The summed E-state index contributed by atoms with van der Waals surface area (Å²) in [5, 5.41) is 4.19. The first kappa shape index (κ1) is 16.2. The van der Waals surface area contributed by atoms with Gasteiger partial charge in [0.25, 0.3) is 5.91 Å². The number of rotatable bonds is 4. The van der Waals surface area contributed by atoms with Gasteiger partial charge in [0.2, 0.25) is 0 Å². The Kier molecular flexibility index (Phi) is 4.35. The van der Waals surface area contributed by atoms with Gasteiger partial charge in [-0.05, 0) is 31.2 Å². The van der Waals surface area contributed by atoms with Gasteiger partial charge in [-0.3, -0.25) is 9.48 Å². The third kappa shape index (κ3) is 2.90. The van der Waals surface area contributed by atoms with Gasteiger partial charge in [0.05, 0.1) is 17.3 Å². The summed E-state index contributed by atoms with van der Waals surface area (Å²) in [5.74, 6) is 0.419. The van der Waals surface area contributed by atoms with E-state index in [4.69, 9.17) is 4.74 Å². The van der Waals surface area contributed by atoms with Gasteiger partial charge in [0.15, 0.2) is 10.5 Å². The minimum atomic E-state index is -0.352. The number of thiazole rings is 1. The quantitative estimate of drug-likeness (QED) is 0.685. The lowest BCUT2D eigenvalue weighted by Crippen LogP contribution is -2.16. The normalized spacial score (nSPS) is 11.9. The molecule has 0 fully saturated rings. The molecule has 1 amide bonds. The molecule has 1 aromatic carbocycles. The van der Waals surface area contributed by atoms with Crippen LogP contribution in [-0.4, -0.2) is 27.4 Å². The Morgan fingerprint density at radius 2 is 2.25 bits per heavy atom. The van der Waals surface area contributed by atoms with Crippen molar-refractivity contribution in [2.45, 2.75) is 13.5 Å². The Labute approximate surface area is 143 Å². The highest BCUT2D eigenvalue weighted by Gasteiger charge is 2.12. The standard InChI is InChI=1S/C17H18N4O2S/c1-5-8-21-14-7-6-12(23-4)10-15(14)24-17(21)18-16(22)13-9-11(2)20(3)19-13/h5-7,9-10H,1,8H2,2-4H3. The molecule has 6 nitrogen and oxygen atoms in total. The third-order valence-electron chi connectivity index (χ3n) is 3.73. The van der Waals surface area contributed by atoms with Crippen LogP contribution in [0.4, 0.5) is 0 Å². The van der Waals surface area contributed by atoms with Crippen LogP contribution in [0.3, 0.4) is 0 Å². The van der Waals surface area contributed by atoms with Gasteiger partial charge >= 0.3 is 0 Å². The maximum atomic E-state index is 12.4. The number of carbonyl (C=O) groups excluding carboxylic acids is 1. The smallest absolute Gasteiger partial charge is 0.300 e. The molecule has 2 aromatic heterocycles. The zero-order valence-corrected chi connectivity index (χ0v) is 14.6. The fraction of sp³-hybridized carbons (Fsp3) is 0.235. The number of methoxy groups -OCH3 is 1. The number of hydrogen-bond donors (Lipinski definition) is 0. The van der Waals surface area contributed by atoms with E-state index in [0.29, 0.717) is 17.0 Å². The number of hydrogen-bond acceptors (Lipinski definition) is 4. The lowest BCUT2D eigenvalue weighted by atomic mass is 10.3. The summed E-state index contributed by atoms with van der Waals surface area (Å²) in [6.07, 6.45) is 1.78. The molecule has 0 radical (unpaired) electrons. The lowest BCUT2D eigenvalue weighted by Gasteiger charge is -2.02. The Bertz CT molecular complexity index is 974. The SMILES string of the molecule is C=CCn1c(=NC(=O)c2cc(C)n(C)n2)sc2cc(OC)ccc21. The number of fused-ring (bicyclic) bond motifs is 1. The Morgan fingerprint density at radius 3 is 2.88 bits per heavy atom. The second kappa shape index (κ2) is 6.45. The first-order chi connectivity index (χ1) is 11.5. The largest absolute Gasteiger partial charge is 0.497 e. The second-order valence-corrected chi connectivity index (χ2v) is 6.34. The van der Waals surface area contributed by atoms with Gasteiger partial charge in [-0.1, -0.05) is 17.4 Å². The van der Waals surface area contributed by atoms with Crippen LogP contribution in [0.5, 0.6) is 5.75 Å². The number of amides is 1. The predicted octanol–water partition coefficient (Wildman–Crippen LogP) is 2.68. The average molecular weight is 342 g/mol. The molecule has 0 saturated carbocycles. The van der Waals surface area contributed by atoms with Crippen molar-refractivity contribution in [2.24, 2.45) is 12.0 Å². The number of carbonyl (C=O) groups is 1. The highest BCUT2D eigenvalue weighted by molar-refractivity contribution is 7.16. The van der Waals surface area contributed by atoms with E-state index in [0.717, 1.165) is 21.7 Å². The van der Waals surface area contributed by atoms with Crippen molar-refractivity contribution in [2.75, 3.05) is 7.11 Å². The van der Waals surface area contributed by atoms with Crippen molar-refractivity contribution in [1.82, 2.24) is 14.3 Å². The molecule has 24 heavy (non-hydrogen) atoms. The summed E-state index contributed by atoms with van der Waals surface area (Å²) in [4.78, 5) is 17.3. The van der Waals surface area contributed by atoms with Crippen molar-refractivity contribution >= 4 is 27.5 Å². The molecule has 0 aliphatic heterocycles. The van der Waals surface area contributed by atoms with E-state index in [9.17, 15) is 4.79 Å². The van der Waals surface area contributed by atoms with Crippen LogP contribution in [0.15, 0.2) is 41.9 Å². The summed E-state index contributed by atoms with van der Waals surface area (Å²) in [6.45, 7) is 6.25. The Balaban J connectivity index is 2.14. The van der Waals surface area contributed by atoms with Crippen molar-refractivity contribution in [1.29, 1.82) is 0 Å². The molecule has 7 heteroatoms. The number of ether oxygens (including phenoxy) is 1. The maximum Gasteiger partial charge on any atom is 0.300 e. The highest BCUT2D eigenvalue weighted by atomic mass is 32.1. The zero-order chi connectivity index (χ0) is 17.3. The van der Waals surface area contributed by atoms with E-state index >= 15 is 0 Å². The molecule has 3 aromatic rings. The predicted molar refractivity (Wildman–Crippen MR) is 94.4 cm³/mol. The molecular weight excluding hydrogens is 324 g/mol. The molecule has 0 spiro atoms. The molecule has 0 aliphatic rings. The summed E-state index contributed by atoms with van der Waals surface area (Å²) >= 11 is 1.44. The van der Waals surface area contributed by atoms with Gasteiger partial charge in [0.1, 0.15) is 5.75 Å². The molecule has 124 valence electrons. The van der Waals surface area contributed by atoms with Gasteiger partial charge in [-0.2, -0.15) is 10.1 Å². The number of aromatic nitrogens is 3. The Morgan fingerprint density at radius 1 is 1.46 bits per heavy atom. The number of benzene rings is 1. The fourth-order valence-corrected chi connectivity index (χ4v) is 3.45. The van der Waals surface area contributed by atoms with Crippen LogP contribution in [0.25, 0.3) is 10.2 Å². The monoisotopic (exact) mass is 342 g/mol. The molecule has 2 heterocycles. The van der Waals surface area contributed by atoms with Gasteiger partial charge < -0.3 is 9.30 Å². The molecule has 3 rings (SSSR count). The molecule has 0 aliphatic carbocycles. The topological polar surface area (TPSA) is 61.4 Å². The van der Waals surface area contributed by atoms with Crippen molar-refractivity contribution < 1.29 is 9.53 Å². The molecule has 0 atom stereocenters.